The van der Waals surface area contributed by atoms with Crippen LogP contribution in [0.5, 0.6) is 0 Å². The molecule has 0 bridgehead atoms. The Hall–Kier alpha value is -0.0800. The Morgan fingerprint density at radius 1 is 1.07 bits per heavy atom. The van der Waals surface area contributed by atoms with Crippen LogP contribution in [0.2, 0.25) is 0 Å². The molecule has 84 valence electrons. The van der Waals surface area contributed by atoms with E-state index in [1.165, 1.54) is 51.4 Å². The fourth-order valence-corrected chi connectivity index (χ4v) is 1.97. The molecule has 14 heavy (non-hydrogen) atoms. The van der Waals surface area contributed by atoms with E-state index in [0.29, 0.717) is 6.04 Å². The maximum absolute atomic E-state index is 5.26. The van der Waals surface area contributed by atoms with Gasteiger partial charge in [-0.2, -0.15) is 0 Å². The van der Waals surface area contributed by atoms with Gasteiger partial charge in [0.15, 0.2) is 0 Å². The Kier molecular flexibility index (Phi) is 7.06. The van der Waals surface area contributed by atoms with Crippen molar-refractivity contribution in [1.82, 2.24) is 5.32 Å². The van der Waals surface area contributed by atoms with Gasteiger partial charge in [0.1, 0.15) is 0 Å². The summed E-state index contributed by atoms with van der Waals surface area (Å²) in [6, 6.07) is 0.644. The lowest BCUT2D eigenvalue weighted by molar-refractivity contribution is 0.188. The van der Waals surface area contributed by atoms with Gasteiger partial charge in [-0.05, 0) is 6.42 Å². The molecule has 0 aromatic rings. The minimum Gasteiger partial charge on any atom is -0.365 e. The van der Waals surface area contributed by atoms with Crippen molar-refractivity contribution >= 4 is 0 Å². The first kappa shape index (κ1) is 12.0. The summed E-state index contributed by atoms with van der Waals surface area (Å²) in [6.07, 6.45) is 11.1. The van der Waals surface area contributed by atoms with E-state index in [1.54, 1.807) is 0 Å². The van der Waals surface area contributed by atoms with Crippen molar-refractivity contribution in [2.75, 3.05) is 13.3 Å². The van der Waals surface area contributed by atoms with Gasteiger partial charge in [-0.25, -0.2) is 0 Å². The molecule has 1 atom stereocenters. The first-order valence-corrected chi connectivity index (χ1v) is 6.24. The molecule has 1 heterocycles. The van der Waals surface area contributed by atoms with Crippen molar-refractivity contribution < 1.29 is 4.74 Å². The predicted octanol–water partition coefficient (Wildman–Crippen LogP) is 3.07. The van der Waals surface area contributed by atoms with Crippen molar-refractivity contribution in [3.05, 3.63) is 0 Å². The standard InChI is InChI=1S/C12H25NO/c1-2-3-4-5-6-7-8-9-12-10-14-11-13-12/h12-13H,2-11H2,1H3. The second-order valence-electron chi connectivity index (χ2n) is 4.33. The van der Waals surface area contributed by atoms with Crippen molar-refractivity contribution in [3.63, 3.8) is 0 Å². The zero-order chi connectivity index (χ0) is 10.1. The van der Waals surface area contributed by atoms with Crippen molar-refractivity contribution in [3.8, 4) is 0 Å². The molecule has 0 amide bonds. The first-order valence-electron chi connectivity index (χ1n) is 6.24. The summed E-state index contributed by atoms with van der Waals surface area (Å²) >= 11 is 0. The highest BCUT2D eigenvalue weighted by molar-refractivity contribution is 4.68. The zero-order valence-corrected chi connectivity index (χ0v) is 9.56. The average Bonchev–Trinajstić information content (AvgIpc) is 2.69. The summed E-state index contributed by atoms with van der Waals surface area (Å²) in [7, 11) is 0. The van der Waals surface area contributed by atoms with Crippen LogP contribution in [0.4, 0.5) is 0 Å². The first-order chi connectivity index (χ1) is 6.93. The van der Waals surface area contributed by atoms with Crippen LogP contribution in [0.3, 0.4) is 0 Å². The second kappa shape index (κ2) is 8.25. The summed E-state index contributed by atoms with van der Waals surface area (Å²) in [5.74, 6) is 0. The summed E-state index contributed by atoms with van der Waals surface area (Å²) < 4.78 is 5.26. The number of rotatable bonds is 8. The molecule has 0 aromatic carbocycles. The lowest BCUT2D eigenvalue weighted by Gasteiger charge is -2.07. The molecule has 2 nitrogen and oxygen atoms in total. The minimum atomic E-state index is 0.644. The number of hydrogen-bond acceptors (Lipinski definition) is 2. The molecule has 1 aliphatic rings. The third-order valence-electron chi connectivity index (χ3n) is 2.95. The van der Waals surface area contributed by atoms with Crippen LogP contribution in [-0.4, -0.2) is 19.4 Å². The fraction of sp³-hybridized carbons (Fsp3) is 1.00. The van der Waals surface area contributed by atoms with Crippen LogP contribution < -0.4 is 5.32 Å². The summed E-state index contributed by atoms with van der Waals surface area (Å²) in [5, 5.41) is 3.35. The molecule has 1 saturated heterocycles. The van der Waals surface area contributed by atoms with Gasteiger partial charge in [0.05, 0.1) is 13.3 Å². The molecule has 1 rings (SSSR count). The van der Waals surface area contributed by atoms with Crippen LogP contribution in [0, 0.1) is 0 Å². The van der Waals surface area contributed by atoms with Gasteiger partial charge in [-0.15, -0.1) is 0 Å². The number of hydrogen-bond donors (Lipinski definition) is 1. The third-order valence-corrected chi connectivity index (χ3v) is 2.95. The molecule has 2 heteroatoms. The van der Waals surface area contributed by atoms with Crippen LogP contribution in [0.1, 0.15) is 58.3 Å². The Morgan fingerprint density at radius 3 is 2.43 bits per heavy atom. The predicted molar refractivity (Wildman–Crippen MR) is 60.4 cm³/mol. The molecule has 0 spiro atoms. The topological polar surface area (TPSA) is 21.3 Å². The van der Waals surface area contributed by atoms with Gasteiger partial charge in [0.2, 0.25) is 0 Å². The molecule has 0 aliphatic carbocycles. The highest BCUT2D eigenvalue weighted by Crippen LogP contribution is 2.11. The monoisotopic (exact) mass is 199 g/mol. The smallest absolute Gasteiger partial charge is 0.0968 e. The molecule has 1 aliphatic heterocycles. The van der Waals surface area contributed by atoms with Gasteiger partial charge in [0.25, 0.3) is 0 Å². The van der Waals surface area contributed by atoms with E-state index in [2.05, 4.69) is 12.2 Å². The zero-order valence-electron chi connectivity index (χ0n) is 9.56. The lowest BCUT2D eigenvalue weighted by Crippen LogP contribution is -2.23. The molecule has 1 N–H and O–H groups in total. The number of ether oxygens (including phenoxy) is 1. The Morgan fingerprint density at radius 2 is 1.79 bits per heavy atom. The minimum absolute atomic E-state index is 0.644. The van der Waals surface area contributed by atoms with Gasteiger partial charge in [-0.3, -0.25) is 5.32 Å². The lowest BCUT2D eigenvalue weighted by atomic mass is 10.1. The van der Waals surface area contributed by atoms with Gasteiger partial charge in [0, 0.05) is 6.04 Å². The van der Waals surface area contributed by atoms with Gasteiger partial charge < -0.3 is 4.74 Å². The molecule has 1 unspecified atom stereocenters. The normalized spacial score (nSPS) is 21.6. The van der Waals surface area contributed by atoms with Crippen LogP contribution in [-0.2, 0) is 4.74 Å². The van der Waals surface area contributed by atoms with Crippen LogP contribution in [0.25, 0.3) is 0 Å². The van der Waals surface area contributed by atoms with E-state index in [-0.39, 0.29) is 0 Å². The van der Waals surface area contributed by atoms with E-state index in [0.717, 1.165) is 13.3 Å². The molecule has 0 aromatic heterocycles. The largest absolute Gasteiger partial charge is 0.365 e. The molecule has 1 fully saturated rings. The second-order valence-corrected chi connectivity index (χ2v) is 4.33. The van der Waals surface area contributed by atoms with E-state index < -0.39 is 0 Å². The Balaban J connectivity index is 1.75. The van der Waals surface area contributed by atoms with Crippen LogP contribution in [0.15, 0.2) is 0 Å². The third kappa shape index (κ3) is 5.61. The quantitative estimate of drug-likeness (QED) is 0.607. The fourth-order valence-electron chi connectivity index (χ4n) is 1.97. The summed E-state index contributed by atoms with van der Waals surface area (Å²) in [5.41, 5.74) is 0. The highest BCUT2D eigenvalue weighted by Gasteiger charge is 2.12. The average molecular weight is 199 g/mol. The molecular formula is C12H25NO. The van der Waals surface area contributed by atoms with E-state index in [1.807, 2.05) is 0 Å². The van der Waals surface area contributed by atoms with Crippen molar-refractivity contribution in [2.24, 2.45) is 0 Å². The number of unbranched alkanes of at least 4 members (excludes halogenated alkanes) is 6. The maximum Gasteiger partial charge on any atom is 0.0968 e. The molecule has 0 saturated carbocycles. The number of nitrogens with one attached hydrogen (secondary N) is 1. The van der Waals surface area contributed by atoms with E-state index in [4.69, 9.17) is 4.74 Å². The SMILES string of the molecule is CCCCCCCCCC1COCN1. The summed E-state index contributed by atoms with van der Waals surface area (Å²) in [4.78, 5) is 0. The van der Waals surface area contributed by atoms with E-state index in [9.17, 15) is 0 Å². The van der Waals surface area contributed by atoms with Crippen LogP contribution >= 0.6 is 0 Å². The van der Waals surface area contributed by atoms with E-state index >= 15 is 0 Å². The maximum atomic E-state index is 5.26. The van der Waals surface area contributed by atoms with Crippen molar-refractivity contribution in [2.45, 2.75) is 64.3 Å². The van der Waals surface area contributed by atoms with Crippen molar-refractivity contribution in [1.29, 1.82) is 0 Å². The Bertz CT molecular complexity index is 121. The highest BCUT2D eigenvalue weighted by atomic mass is 16.5. The molecule has 0 radical (unpaired) electrons. The van der Waals surface area contributed by atoms with Gasteiger partial charge in [-0.1, -0.05) is 51.9 Å². The summed E-state index contributed by atoms with van der Waals surface area (Å²) in [6.45, 7) is 3.96. The van der Waals surface area contributed by atoms with Gasteiger partial charge >= 0.3 is 0 Å². The Labute approximate surface area is 88.4 Å². The molecular weight excluding hydrogens is 174 g/mol.